The highest BCUT2D eigenvalue weighted by molar-refractivity contribution is 6.06. The first-order valence-electron chi connectivity index (χ1n) is 16.4. The molecule has 0 radical (unpaired) electrons. The molecule has 56 heavy (non-hydrogen) atoms. The summed E-state index contributed by atoms with van der Waals surface area (Å²) in [4.78, 5) is 60.4. The molecule has 0 aliphatic rings. The number of carboxylic acids is 1. The highest BCUT2D eigenvalue weighted by Gasteiger charge is 2.29. The van der Waals surface area contributed by atoms with Crippen molar-refractivity contribution in [3.05, 3.63) is 176 Å². The molecule has 16 heteroatoms. The molecule has 282 valence electrons. The van der Waals surface area contributed by atoms with Crippen molar-refractivity contribution in [2.75, 3.05) is 0 Å². The molecular weight excluding hydrogens is 732 g/mol. The summed E-state index contributed by atoms with van der Waals surface area (Å²) in [7, 11) is 0. The SMILES string of the molecule is O=C(O)c1cccc([N+](=O)[O-])c1C(=O)Oc1ccc(Oc2ccc(-c3ccc(Oc4ccc(OOCc5c(COO)cccc5[N+](=O)[O-])cc4)cc3)cc2)cc1. The second-order valence-electron chi connectivity index (χ2n) is 11.6. The third kappa shape index (κ3) is 9.28. The van der Waals surface area contributed by atoms with Crippen LogP contribution in [0.4, 0.5) is 11.4 Å². The number of benzene rings is 6. The Morgan fingerprint density at radius 2 is 1.04 bits per heavy atom. The average Bonchev–Trinajstić information content (AvgIpc) is 3.20. The van der Waals surface area contributed by atoms with Crippen molar-refractivity contribution in [3.63, 3.8) is 0 Å². The lowest BCUT2D eigenvalue weighted by Gasteiger charge is -2.11. The molecule has 2 N–H and O–H groups in total. The molecule has 0 bridgehead atoms. The van der Waals surface area contributed by atoms with E-state index >= 15 is 0 Å². The van der Waals surface area contributed by atoms with Gasteiger partial charge in [0.25, 0.3) is 11.4 Å². The fraction of sp³-hybridized carbons (Fsp3) is 0.0500. The van der Waals surface area contributed by atoms with Gasteiger partial charge in [0.2, 0.25) is 0 Å². The van der Waals surface area contributed by atoms with Crippen LogP contribution in [0.5, 0.6) is 34.5 Å². The standard InChI is InChI=1S/C40H28N2O14/c43-39(44)34-4-2-6-37(42(48)49)38(34)40(45)55-32-17-15-30(16-18-32)53-28-11-7-25(8-12-28)26-9-13-29(14-10-26)54-31-19-21-33(22-20-31)56-52-24-35-27(23-51-50)3-1-5-36(35)41(46)47/h1-22,50H,23-24H2,(H,43,44). The Labute approximate surface area is 316 Å². The van der Waals surface area contributed by atoms with E-state index in [1.54, 1.807) is 54.6 Å². The van der Waals surface area contributed by atoms with E-state index in [0.717, 1.165) is 23.3 Å². The van der Waals surface area contributed by atoms with Gasteiger partial charge in [-0.05, 0) is 95.6 Å². The summed E-state index contributed by atoms with van der Waals surface area (Å²) >= 11 is 0. The van der Waals surface area contributed by atoms with E-state index in [9.17, 15) is 34.9 Å². The van der Waals surface area contributed by atoms with E-state index in [1.165, 1.54) is 42.5 Å². The van der Waals surface area contributed by atoms with Crippen molar-refractivity contribution in [2.24, 2.45) is 0 Å². The van der Waals surface area contributed by atoms with Gasteiger partial charge < -0.3 is 24.2 Å². The second kappa shape index (κ2) is 17.4. The lowest BCUT2D eigenvalue weighted by atomic mass is 10.1. The van der Waals surface area contributed by atoms with Crippen LogP contribution in [-0.2, 0) is 23.0 Å². The molecule has 0 aliphatic carbocycles. The van der Waals surface area contributed by atoms with Crippen molar-refractivity contribution in [3.8, 4) is 45.6 Å². The minimum Gasteiger partial charge on any atom is -0.478 e. The van der Waals surface area contributed by atoms with Crippen molar-refractivity contribution in [2.45, 2.75) is 13.2 Å². The fourth-order valence-electron chi connectivity index (χ4n) is 5.41. The normalized spacial score (nSPS) is 10.7. The molecule has 6 aromatic carbocycles. The summed E-state index contributed by atoms with van der Waals surface area (Å²) in [6.07, 6.45) is 0. The Morgan fingerprint density at radius 3 is 1.54 bits per heavy atom. The average molecular weight is 761 g/mol. The highest BCUT2D eigenvalue weighted by Crippen LogP contribution is 2.31. The zero-order valence-corrected chi connectivity index (χ0v) is 28.8. The Morgan fingerprint density at radius 1 is 0.571 bits per heavy atom. The first-order chi connectivity index (χ1) is 27.1. The number of aromatic carboxylic acids is 1. The lowest BCUT2D eigenvalue weighted by molar-refractivity contribution is -0.386. The van der Waals surface area contributed by atoms with Gasteiger partial charge in [0.15, 0.2) is 11.3 Å². The zero-order valence-electron chi connectivity index (χ0n) is 28.8. The van der Waals surface area contributed by atoms with Crippen LogP contribution in [0, 0.1) is 20.2 Å². The first kappa shape index (κ1) is 38.1. The number of carbonyl (C=O) groups excluding carboxylic acids is 1. The van der Waals surface area contributed by atoms with Crippen LogP contribution < -0.4 is 19.1 Å². The van der Waals surface area contributed by atoms with Gasteiger partial charge in [0.1, 0.15) is 42.0 Å². The highest BCUT2D eigenvalue weighted by atomic mass is 17.2. The molecule has 0 fully saturated rings. The summed E-state index contributed by atoms with van der Waals surface area (Å²) in [6.45, 7) is -0.521. The molecule has 0 aliphatic heterocycles. The number of hydrogen-bond donors (Lipinski definition) is 2. The Balaban J connectivity index is 1.00. The van der Waals surface area contributed by atoms with Crippen LogP contribution in [0.2, 0.25) is 0 Å². The van der Waals surface area contributed by atoms with Gasteiger partial charge in [0, 0.05) is 12.1 Å². The van der Waals surface area contributed by atoms with Crippen molar-refractivity contribution in [1.29, 1.82) is 0 Å². The van der Waals surface area contributed by atoms with Crippen molar-refractivity contribution < 1.29 is 58.7 Å². The number of nitro groups is 2. The van der Waals surface area contributed by atoms with E-state index in [0.29, 0.717) is 34.3 Å². The molecule has 6 rings (SSSR count). The van der Waals surface area contributed by atoms with Gasteiger partial charge in [-0.1, -0.05) is 42.5 Å². The first-order valence-corrected chi connectivity index (χ1v) is 16.4. The van der Waals surface area contributed by atoms with Crippen LogP contribution >= 0.6 is 0 Å². The summed E-state index contributed by atoms with van der Waals surface area (Å²) in [6, 6.07) is 34.7. The number of nitro benzene ring substituents is 2. The number of carbonyl (C=O) groups is 2. The Hall–Kier alpha value is -7.66. The molecule has 0 unspecified atom stereocenters. The molecule has 0 aromatic heterocycles. The topological polar surface area (TPSA) is 216 Å². The number of ether oxygens (including phenoxy) is 3. The molecular formula is C40H28N2O14. The Kier molecular flexibility index (Phi) is 11.9. The summed E-state index contributed by atoms with van der Waals surface area (Å²) in [5.41, 5.74) is 0.295. The number of nitrogens with zero attached hydrogens (tertiary/aromatic N) is 2. The summed E-state index contributed by atoms with van der Waals surface area (Å²) in [5.74, 6) is -0.319. The molecule has 0 amide bonds. The molecule has 6 aromatic rings. The van der Waals surface area contributed by atoms with Gasteiger partial charge >= 0.3 is 11.9 Å². The van der Waals surface area contributed by atoms with Crippen LogP contribution in [0.3, 0.4) is 0 Å². The zero-order chi connectivity index (χ0) is 39.6. The fourth-order valence-corrected chi connectivity index (χ4v) is 5.41. The van der Waals surface area contributed by atoms with E-state index in [4.69, 9.17) is 29.2 Å². The maximum atomic E-state index is 12.8. The van der Waals surface area contributed by atoms with Gasteiger partial charge in [-0.2, -0.15) is 4.89 Å². The molecule has 0 atom stereocenters. The molecule has 16 nitrogen and oxygen atoms in total. The third-order valence-corrected chi connectivity index (χ3v) is 8.07. The maximum absolute atomic E-state index is 12.8. The minimum atomic E-state index is -1.51. The van der Waals surface area contributed by atoms with E-state index in [1.807, 2.05) is 24.3 Å². The predicted molar refractivity (Wildman–Crippen MR) is 196 cm³/mol. The van der Waals surface area contributed by atoms with Crippen LogP contribution in [0.25, 0.3) is 11.1 Å². The van der Waals surface area contributed by atoms with Crippen LogP contribution in [0.15, 0.2) is 133 Å². The molecule has 0 heterocycles. The minimum absolute atomic E-state index is 0.0253. The number of hydrogen-bond acceptors (Lipinski definition) is 13. The van der Waals surface area contributed by atoms with Crippen molar-refractivity contribution >= 4 is 23.3 Å². The monoisotopic (exact) mass is 760 g/mol. The molecule has 0 saturated heterocycles. The molecule has 0 saturated carbocycles. The second-order valence-corrected chi connectivity index (χ2v) is 11.6. The maximum Gasteiger partial charge on any atom is 0.351 e. The number of esters is 1. The van der Waals surface area contributed by atoms with E-state index < -0.39 is 38.6 Å². The van der Waals surface area contributed by atoms with Crippen molar-refractivity contribution in [1.82, 2.24) is 0 Å². The summed E-state index contributed by atoms with van der Waals surface area (Å²) in [5, 5.41) is 41.0. The Bertz CT molecular complexity index is 2330. The largest absolute Gasteiger partial charge is 0.478 e. The summed E-state index contributed by atoms with van der Waals surface area (Å²) < 4.78 is 17.1. The van der Waals surface area contributed by atoms with E-state index in [-0.39, 0.29) is 30.2 Å². The van der Waals surface area contributed by atoms with Crippen LogP contribution in [0.1, 0.15) is 31.8 Å². The van der Waals surface area contributed by atoms with E-state index in [2.05, 4.69) is 4.89 Å². The van der Waals surface area contributed by atoms with Crippen LogP contribution in [-0.4, -0.2) is 32.1 Å². The quantitative estimate of drug-likeness (QED) is 0.0309. The number of carboxylic acid groups (broad SMARTS) is 1. The van der Waals surface area contributed by atoms with Gasteiger partial charge in [-0.25, -0.2) is 14.5 Å². The van der Waals surface area contributed by atoms with Gasteiger partial charge in [-0.15, -0.1) is 0 Å². The molecule has 0 spiro atoms. The van der Waals surface area contributed by atoms with Gasteiger partial charge in [0.05, 0.1) is 21.0 Å². The smallest absolute Gasteiger partial charge is 0.351 e. The number of rotatable bonds is 16. The lowest BCUT2D eigenvalue weighted by Crippen LogP contribution is -2.16. The third-order valence-electron chi connectivity index (χ3n) is 8.07. The van der Waals surface area contributed by atoms with Gasteiger partial charge in [-0.3, -0.25) is 25.5 Å². The predicted octanol–water partition coefficient (Wildman–Crippen LogP) is 9.17.